The van der Waals surface area contributed by atoms with Crippen LogP contribution in [0.4, 0.5) is 11.5 Å². The molecule has 1 saturated heterocycles. The fourth-order valence-electron chi connectivity index (χ4n) is 3.33. The third kappa shape index (κ3) is 5.18. The first-order valence-corrected chi connectivity index (χ1v) is 10.2. The topological polar surface area (TPSA) is 92.1 Å². The number of tetrazole rings is 1. The minimum atomic E-state index is -0.0486. The molecule has 0 spiro atoms. The number of piperazine rings is 1. The van der Waals surface area contributed by atoms with Crippen LogP contribution in [0.25, 0.3) is 11.4 Å². The van der Waals surface area contributed by atoms with Crippen LogP contribution >= 0.6 is 0 Å². The van der Waals surface area contributed by atoms with E-state index in [0.717, 1.165) is 37.6 Å². The molecule has 0 radical (unpaired) electrons. The predicted molar refractivity (Wildman–Crippen MR) is 115 cm³/mol. The first-order chi connectivity index (χ1) is 14.7. The van der Waals surface area contributed by atoms with Gasteiger partial charge in [-0.2, -0.15) is 4.80 Å². The maximum Gasteiger partial charge on any atom is 0.224 e. The Balaban J connectivity index is 1.22. The van der Waals surface area contributed by atoms with Gasteiger partial charge in [-0.3, -0.25) is 4.79 Å². The fraction of sp³-hybridized carbons (Fsp3) is 0.381. The molecule has 0 saturated carbocycles. The van der Waals surface area contributed by atoms with E-state index >= 15 is 0 Å². The van der Waals surface area contributed by atoms with Gasteiger partial charge >= 0.3 is 0 Å². The standard InChI is InChI=1S/C21H26N8O/c1-27-12-14-28(15-13-27)19-10-9-18(16-22-19)23-20(30)8-5-11-29-25-21(24-26-29)17-6-3-2-4-7-17/h2-4,6-7,9-10,16H,5,8,11-15H2,1H3,(H,23,30). The molecular weight excluding hydrogens is 380 g/mol. The summed E-state index contributed by atoms with van der Waals surface area (Å²) >= 11 is 0. The number of anilines is 2. The molecule has 1 N–H and O–H groups in total. The quantitative estimate of drug-likeness (QED) is 0.641. The van der Waals surface area contributed by atoms with E-state index in [2.05, 4.69) is 42.6 Å². The first kappa shape index (κ1) is 20.0. The molecule has 0 bridgehead atoms. The van der Waals surface area contributed by atoms with Crippen LogP contribution in [0.3, 0.4) is 0 Å². The summed E-state index contributed by atoms with van der Waals surface area (Å²) in [6.45, 7) is 4.55. The summed E-state index contributed by atoms with van der Waals surface area (Å²) in [5, 5.41) is 15.4. The number of aryl methyl sites for hydroxylation is 1. The number of carbonyl (C=O) groups is 1. The molecule has 1 fully saturated rings. The van der Waals surface area contributed by atoms with Crippen molar-refractivity contribution in [3.63, 3.8) is 0 Å². The lowest BCUT2D eigenvalue weighted by atomic mass is 10.2. The summed E-state index contributed by atoms with van der Waals surface area (Å²) in [6, 6.07) is 13.6. The van der Waals surface area contributed by atoms with E-state index < -0.39 is 0 Å². The molecular formula is C21H26N8O. The van der Waals surface area contributed by atoms with Gasteiger partial charge in [0.1, 0.15) is 5.82 Å². The highest BCUT2D eigenvalue weighted by Gasteiger charge is 2.15. The number of nitrogens with zero attached hydrogens (tertiary/aromatic N) is 7. The Morgan fingerprint density at radius 1 is 1.07 bits per heavy atom. The molecule has 2 aromatic heterocycles. The van der Waals surface area contributed by atoms with Crippen LogP contribution in [0.2, 0.25) is 0 Å². The Bertz CT molecular complexity index is 949. The lowest BCUT2D eigenvalue weighted by molar-refractivity contribution is -0.116. The molecule has 1 aromatic carbocycles. The summed E-state index contributed by atoms with van der Waals surface area (Å²) in [6.07, 6.45) is 2.72. The van der Waals surface area contributed by atoms with Gasteiger partial charge in [-0.05, 0) is 30.8 Å². The number of benzene rings is 1. The van der Waals surface area contributed by atoms with Gasteiger partial charge in [-0.15, -0.1) is 10.2 Å². The second-order valence-corrected chi connectivity index (χ2v) is 7.42. The van der Waals surface area contributed by atoms with Crippen molar-refractivity contribution in [2.45, 2.75) is 19.4 Å². The zero-order chi connectivity index (χ0) is 20.8. The second kappa shape index (κ2) is 9.45. The highest BCUT2D eigenvalue weighted by molar-refractivity contribution is 5.90. The van der Waals surface area contributed by atoms with Gasteiger partial charge in [0, 0.05) is 38.2 Å². The third-order valence-corrected chi connectivity index (χ3v) is 5.11. The third-order valence-electron chi connectivity index (χ3n) is 5.11. The van der Waals surface area contributed by atoms with E-state index in [1.807, 2.05) is 42.5 Å². The molecule has 3 aromatic rings. The van der Waals surface area contributed by atoms with Crippen LogP contribution in [0.5, 0.6) is 0 Å². The van der Waals surface area contributed by atoms with Crippen LogP contribution in [-0.2, 0) is 11.3 Å². The molecule has 4 rings (SSSR count). The van der Waals surface area contributed by atoms with Crippen LogP contribution in [0.15, 0.2) is 48.7 Å². The fourth-order valence-corrected chi connectivity index (χ4v) is 3.33. The molecule has 9 nitrogen and oxygen atoms in total. The van der Waals surface area contributed by atoms with Crippen LogP contribution in [0, 0.1) is 0 Å². The molecule has 0 unspecified atom stereocenters. The monoisotopic (exact) mass is 406 g/mol. The minimum Gasteiger partial charge on any atom is -0.354 e. The molecule has 30 heavy (non-hydrogen) atoms. The van der Waals surface area contributed by atoms with Crippen molar-refractivity contribution in [1.29, 1.82) is 0 Å². The van der Waals surface area contributed by atoms with E-state index in [1.165, 1.54) is 4.80 Å². The maximum absolute atomic E-state index is 12.2. The molecule has 0 aliphatic carbocycles. The smallest absolute Gasteiger partial charge is 0.224 e. The molecule has 156 valence electrons. The average Bonchev–Trinajstić information content (AvgIpc) is 3.24. The Morgan fingerprint density at radius 3 is 2.60 bits per heavy atom. The van der Waals surface area contributed by atoms with Crippen molar-refractivity contribution in [2.75, 3.05) is 43.4 Å². The molecule has 1 aliphatic heterocycles. The van der Waals surface area contributed by atoms with E-state index in [1.54, 1.807) is 6.20 Å². The highest BCUT2D eigenvalue weighted by atomic mass is 16.1. The van der Waals surface area contributed by atoms with E-state index in [4.69, 9.17) is 0 Å². The van der Waals surface area contributed by atoms with Crippen LogP contribution in [-0.4, -0.2) is 69.2 Å². The maximum atomic E-state index is 12.2. The Hall–Kier alpha value is -3.33. The summed E-state index contributed by atoms with van der Waals surface area (Å²) in [7, 11) is 2.13. The van der Waals surface area contributed by atoms with Crippen LogP contribution < -0.4 is 10.2 Å². The Morgan fingerprint density at radius 2 is 1.87 bits per heavy atom. The average molecular weight is 406 g/mol. The van der Waals surface area contributed by atoms with Crippen molar-refractivity contribution in [2.24, 2.45) is 0 Å². The molecule has 9 heteroatoms. The Labute approximate surface area is 175 Å². The van der Waals surface area contributed by atoms with Gasteiger partial charge in [0.05, 0.1) is 18.4 Å². The van der Waals surface area contributed by atoms with Crippen molar-refractivity contribution in [1.82, 2.24) is 30.1 Å². The number of nitrogens with one attached hydrogen (secondary N) is 1. The Kier molecular flexibility index (Phi) is 6.29. The lowest BCUT2D eigenvalue weighted by Crippen LogP contribution is -2.44. The van der Waals surface area contributed by atoms with E-state index in [9.17, 15) is 4.79 Å². The number of rotatable bonds is 7. The number of pyridine rings is 1. The number of aromatic nitrogens is 5. The lowest BCUT2D eigenvalue weighted by Gasteiger charge is -2.33. The highest BCUT2D eigenvalue weighted by Crippen LogP contribution is 2.16. The zero-order valence-electron chi connectivity index (χ0n) is 17.1. The largest absolute Gasteiger partial charge is 0.354 e. The SMILES string of the molecule is CN1CCN(c2ccc(NC(=O)CCCn3nnc(-c4ccccc4)n3)cn2)CC1. The van der Waals surface area contributed by atoms with Crippen molar-refractivity contribution < 1.29 is 4.79 Å². The minimum absolute atomic E-state index is 0.0486. The van der Waals surface area contributed by atoms with Gasteiger partial charge in [-0.25, -0.2) is 4.98 Å². The molecule has 3 heterocycles. The number of hydrogen-bond acceptors (Lipinski definition) is 7. The number of amides is 1. The molecule has 1 aliphatic rings. The second-order valence-electron chi connectivity index (χ2n) is 7.42. The van der Waals surface area contributed by atoms with Crippen molar-refractivity contribution in [3.8, 4) is 11.4 Å². The van der Waals surface area contributed by atoms with Gasteiger partial charge in [0.25, 0.3) is 0 Å². The predicted octanol–water partition coefficient (Wildman–Crippen LogP) is 1.91. The first-order valence-electron chi connectivity index (χ1n) is 10.2. The van der Waals surface area contributed by atoms with Crippen molar-refractivity contribution >= 4 is 17.4 Å². The van der Waals surface area contributed by atoms with Gasteiger partial charge in [0.15, 0.2) is 0 Å². The van der Waals surface area contributed by atoms with E-state index in [0.29, 0.717) is 30.9 Å². The van der Waals surface area contributed by atoms with Crippen LogP contribution in [0.1, 0.15) is 12.8 Å². The van der Waals surface area contributed by atoms with E-state index in [-0.39, 0.29) is 5.91 Å². The molecule has 1 amide bonds. The number of hydrogen-bond donors (Lipinski definition) is 1. The summed E-state index contributed by atoms with van der Waals surface area (Å²) in [4.78, 5) is 22.8. The van der Waals surface area contributed by atoms with Gasteiger partial charge in [-0.1, -0.05) is 30.3 Å². The number of carbonyl (C=O) groups excluding carboxylic acids is 1. The molecule has 0 atom stereocenters. The summed E-state index contributed by atoms with van der Waals surface area (Å²) in [5.41, 5.74) is 1.64. The van der Waals surface area contributed by atoms with Gasteiger partial charge in [0.2, 0.25) is 11.7 Å². The number of likely N-dealkylation sites (N-methyl/N-ethyl adjacent to an activating group) is 1. The summed E-state index contributed by atoms with van der Waals surface area (Å²) < 4.78 is 0. The zero-order valence-corrected chi connectivity index (χ0v) is 17.1. The summed E-state index contributed by atoms with van der Waals surface area (Å²) in [5.74, 6) is 1.49. The van der Waals surface area contributed by atoms with Crippen molar-refractivity contribution in [3.05, 3.63) is 48.7 Å². The van der Waals surface area contributed by atoms with Gasteiger partial charge < -0.3 is 15.1 Å². The normalized spacial score (nSPS) is 14.6.